The van der Waals surface area contributed by atoms with Gasteiger partial charge in [-0.2, -0.15) is 0 Å². The maximum Gasteiger partial charge on any atom is 0.326 e. The summed E-state index contributed by atoms with van der Waals surface area (Å²) >= 11 is 4.15. The molecule has 1 aliphatic rings. The van der Waals surface area contributed by atoms with Crippen LogP contribution in [0.4, 0.5) is 4.79 Å². The Morgan fingerprint density at radius 1 is 1.22 bits per heavy atom. The summed E-state index contributed by atoms with van der Waals surface area (Å²) in [5, 5.41) is -0.508. The van der Waals surface area contributed by atoms with Crippen LogP contribution in [0.1, 0.15) is 19.6 Å². The van der Waals surface area contributed by atoms with Crippen molar-refractivity contribution in [3.63, 3.8) is 0 Å². The number of ether oxygens (including phenoxy) is 1. The van der Waals surface area contributed by atoms with Crippen LogP contribution in [0.15, 0.2) is 50.2 Å². The van der Waals surface area contributed by atoms with Gasteiger partial charge in [0.1, 0.15) is 18.1 Å². The van der Waals surface area contributed by atoms with Crippen molar-refractivity contribution in [3.05, 3.63) is 51.5 Å². The summed E-state index contributed by atoms with van der Waals surface area (Å²) < 4.78 is 11.7. The van der Waals surface area contributed by atoms with Crippen molar-refractivity contribution in [2.75, 3.05) is 6.54 Å². The fourth-order valence-electron chi connectivity index (χ4n) is 2.39. The number of amides is 2. The number of furan rings is 1. The van der Waals surface area contributed by atoms with Gasteiger partial charge in [0.2, 0.25) is 0 Å². The summed E-state index contributed by atoms with van der Waals surface area (Å²) in [6.07, 6.45) is 1.19. The van der Waals surface area contributed by atoms with Crippen molar-refractivity contribution in [1.82, 2.24) is 4.90 Å². The summed E-state index contributed by atoms with van der Waals surface area (Å²) in [5.74, 6) is -0.0620. The Morgan fingerprint density at radius 2 is 1.93 bits per heavy atom. The number of imide groups is 1. The van der Waals surface area contributed by atoms with E-state index in [1.807, 2.05) is 24.3 Å². The molecule has 3 rings (SSSR count). The number of hydrogen-bond acceptors (Lipinski definition) is 6. The molecule has 1 fully saturated rings. The lowest BCUT2D eigenvalue weighted by Gasteiger charge is -2.13. The molecule has 0 atom stereocenters. The molecule has 1 aliphatic heterocycles. The molecule has 8 heteroatoms. The normalized spacial score (nSPS) is 15.9. The Kier molecular flexibility index (Phi) is 5.86. The predicted octanol–water partition coefficient (Wildman–Crippen LogP) is 4.70. The Labute approximate surface area is 168 Å². The van der Waals surface area contributed by atoms with Gasteiger partial charge in [0.05, 0.1) is 11.0 Å². The SMILES string of the molecule is CC(C)OC(=O)CN1C(=O)S/C(=C\c2ccc(-c3ccc(Br)cc3)o2)C1=O. The lowest BCUT2D eigenvalue weighted by atomic mass is 10.2. The molecule has 1 aromatic carbocycles. The molecule has 0 unspecified atom stereocenters. The lowest BCUT2D eigenvalue weighted by molar-refractivity contribution is -0.149. The van der Waals surface area contributed by atoms with Crippen LogP contribution in [0.2, 0.25) is 0 Å². The highest BCUT2D eigenvalue weighted by Gasteiger charge is 2.37. The Bertz CT molecular complexity index is 916. The molecule has 2 amide bonds. The van der Waals surface area contributed by atoms with E-state index in [9.17, 15) is 14.4 Å². The minimum Gasteiger partial charge on any atom is -0.462 e. The Balaban J connectivity index is 1.74. The van der Waals surface area contributed by atoms with Gasteiger partial charge in [-0.25, -0.2) is 0 Å². The van der Waals surface area contributed by atoms with E-state index < -0.39 is 23.7 Å². The Morgan fingerprint density at radius 3 is 2.59 bits per heavy atom. The molecule has 2 heterocycles. The van der Waals surface area contributed by atoms with Crippen molar-refractivity contribution in [2.24, 2.45) is 0 Å². The molecule has 1 saturated heterocycles. The van der Waals surface area contributed by atoms with Crippen molar-refractivity contribution >= 4 is 50.9 Å². The molecule has 0 spiro atoms. The quantitative estimate of drug-likeness (QED) is 0.486. The third-order valence-electron chi connectivity index (χ3n) is 3.56. The second-order valence-corrected chi connectivity index (χ2v) is 7.92. The van der Waals surface area contributed by atoms with E-state index >= 15 is 0 Å². The monoisotopic (exact) mass is 449 g/mol. The summed E-state index contributed by atoms with van der Waals surface area (Å²) in [4.78, 5) is 37.3. The number of carbonyl (C=O) groups excluding carboxylic acids is 3. The zero-order chi connectivity index (χ0) is 19.6. The second-order valence-electron chi connectivity index (χ2n) is 6.02. The van der Waals surface area contributed by atoms with Crippen LogP contribution in [0, 0.1) is 0 Å². The summed E-state index contributed by atoms with van der Waals surface area (Å²) in [6.45, 7) is 3.00. The predicted molar refractivity (Wildman–Crippen MR) is 106 cm³/mol. The maximum absolute atomic E-state index is 12.4. The second kappa shape index (κ2) is 8.14. The van der Waals surface area contributed by atoms with Gasteiger partial charge in [-0.1, -0.05) is 28.1 Å². The van der Waals surface area contributed by atoms with E-state index in [0.717, 1.165) is 26.7 Å². The first-order valence-corrected chi connectivity index (χ1v) is 9.75. The first-order chi connectivity index (χ1) is 12.8. The molecule has 27 heavy (non-hydrogen) atoms. The standard InChI is InChI=1S/C19H16BrNO5S/c1-11(2)25-17(22)10-21-18(23)16(27-19(21)24)9-14-7-8-15(26-14)12-3-5-13(20)6-4-12/h3-9,11H,10H2,1-2H3/b16-9-. The fourth-order valence-corrected chi connectivity index (χ4v) is 3.48. The molecule has 0 saturated carbocycles. The highest BCUT2D eigenvalue weighted by atomic mass is 79.9. The molecule has 140 valence electrons. The van der Waals surface area contributed by atoms with Gasteiger partial charge >= 0.3 is 5.97 Å². The van der Waals surface area contributed by atoms with Gasteiger partial charge in [-0.3, -0.25) is 19.3 Å². The number of thioether (sulfide) groups is 1. The third-order valence-corrected chi connectivity index (χ3v) is 4.99. The fraction of sp³-hybridized carbons (Fsp3) is 0.211. The zero-order valence-electron chi connectivity index (χ0n) is 14.6. The minimum atomic E-state index is -0.621. The van der Waals surface area contributed by atoms with Crippen LogP contribution >= 0.6 is 27.7 Å². The zero-order valence-corrected chi connectivity index (χ0v) is 17.0. The van der Waals surface area contributed by atoms with Gasteiger partial charge in [0, 0.05) is 16.1 Å². The Hall–Kier alpha value is -2.32. The van der Waals surface area contributed by atoms with E-state index in [4.69, 9.17) is 9.15 Å². The average molecular weight is 450 g/mol. The number of rotatable bonds is 5. The highest BCUT2D eigenvalue weighted by Crippen LogP contribution is 2.33. The topological polar surface area (TPSA) is 76.8 Å². The van der Waals surface area contributed by atoms with E-state index in [1.165, 1.54) is 6.08 Å². The van der Waals surface area contributed by atoms with E-state index in [2.05, 4.69) is 15.9 Å². The smallest absolute Gasteiger partial charge is 0.326 e. The number of halogens is 1. The number of benzene rings is 1. The largest absolute Gasteiger partial charge is 0.462 e. The van der Waals surface area contributed by atoms with E-state index in [0.29, 0.717) is 11.5 Å². The van der Waals surface area contributed by atoms with E-state index in [1.54, 1.807) is 26.0 Å². The first kappa shape index (κ1) is 19.4. The molecule has 0 radical (unpaired) electrons. The van der Waals surface area contributed by atoms with Crippen molar-refractivity contribution in [1.29, 1.82) is 0 Å². The molecular weight excluding hydrogens is 434 g/mol. The first-order valence-electron chi connectivity index (χ1n) is 8.14. The van der Waals surface area contributed by atoms with Gasteiger partial charge in [-0.05, 0) is 49.9 Å². The van der Waals surface area contributed by atoms with Crippen LogP contribution in [0.3, 0.4) is 0 Å². The summed E-state index contributed by atoms with van der Waals surface area (Å²) in [5.41, 5.74) is 0.891. The van der Waals surface area contributed by atoms with Crippen LogP contribution in [0.25, 0.3) is 17.4 Å². The molecular formula is C19H16BrNO5S. The number of esters is 1. The van der Waals surface area contributed by atoms with Gasteiger partial charge in [0.15, 0.2) is 0 Å². The number of hydrogen-bond donors (Lipinski definition) is 0. The van der Waals surface area contributed by atoms with Gasteiger partial charge in [0.25, 0.3) is 11.1 Å². The van der Waals surface area contributed by atoms with Crippen LogP contribution in [0.5, 0.6) is 0 Å². The minimum absolute atomic E-state index is 0.203. The average Bonchev–Trinajstić information content (AvgIpc) is 3.16. The van der Waals surface area contributed by atoms with E-state index in [-0.39, 0.29) is 11.0 Å². The highest BCUT2D eigenvalue weighted by molar-refractivity contribution is 9.10. The molecule has 2 aromatic rings. The van der Waals surface area contributed by atoms with Crippen LogP contribution in [-0.2, 0) is 14.3 Å². The lowest BCUT2D eigenvalue weighted by Crippen LogP contribution is -2.35. The molecule has 6 nitrogen and oxygen atoms in total. The van der Waals surface area contributed by atoms with Crippen molar-refractivity contribution < 1.29 is 23.5 Å². The third kappa shape index (κ3) is 4.70. The molecule has 0 aliphatic carbocycles. The maximum atomic E-state index is 12.4. The van der Waals surface area contributed by atoms with Crippen LogP contribution < -0.4 is 0 Å². The van der Waals surface area contributed by atoms with Crippen LogP contribution in [-0.4, -0.2) is 34.7 Å². The van der Waals surface area contributed by atoms with Gasteiger partial charge < -0.3 is 9.15 Å². The number of carbonyl (C=O) groups is 3. The molecule has 0 bridgehead atoms. The summed E-state index contributed by atoms with van der Waals surface area (Å²) in [7, 11) is 0. The number of nitrogens with zero attached hydrogens (tertiary/aromatic N) is 1. The van der Waals surface area contributed by atoms with Gasteiger partial charge in [-0.15, -0.1) is 0 Å². The molecule has 1 aromatic heterocycles. The molecule has 0 N–H and O–H groups in total. The van der Waals surface area contributed by atoms with Crippen molar-refractivity contribution in [2.45, 2.75) is 20.0 Å². The van der Waals surface area contributed by atoms with Crippen molar-refractivity contribution in [3.8, 4) is 11.3 Å². The summed E-state index contributed by atoms with van der Waals surface area (Å²) in [6, 6.07) is 11.1.